The molecule has 0 aromatic heterocycles. The van der Waals surface area contributed by atoms with Crippen LogP contribution >= 0.6 is 0 Å². The Balaban J connectivity index is 2.80. The van der Waals surface area contributed by atoms with Gasteiger partial charge in [0.1, 0.15) is 5.75 Å². The lowest BCUT2D eigenvalue weighted by Gasteiger charge is -2.17. The van der Waals surface area contributed by atoms with Gasteiger partial charge in [0, 0.05) is 12.6 Å². The standard InChI is InChI=1S/C13H22N2O/c1-4-7-16-13-8-10(2)5-6-12(13)15-11(3)9-14/h5-6,8,11,15H,4,7,9,14H2,1-3H3. The molecule has 0 bridgehead atoms. The van der Waals surface area contributed by atoms with Gasteiger partial charge in [-0.1, -0.05) is 13.0 Å². The first-order valence-electron chi connectivity index (χ1n) is 5.87. The summed E-state index contributed by atoms with van der Waals surface area (Å²) in [6.07, 6.45) is 1.01. The SMILES string of the molecule is CCCOc1cc(C)ccc1NC(C)CN. The molecule has 0 saturated carbocycles. The molecule has 1 atom stereocenters. The summed E-state index contributed by atoms with van der Waals surface area (Å²) in [4.78, 5) is 0. The maximum atomic E-state index is 5.71. The molecule has 1 aromatic rings. The normalized spacial score (nSPS) is 12.2. The maximum absolute atomic E-state index is 5.71. The molecule has 0 aliphatic carbocycles. The van der Waals surface area contributed by atoms with Crippen LogP contribution in [-0.2, 0) is 0 Å². The molecular formula is C13H22N2O. The van der Waals surface area contributed by atoms with E-state index in [-0.39, 0.29) is 6.04 Å². The van der Waals surface area contributed by atoms with Gasteiger partial charge in [-0.3, -0.25) is 0 Å². The first kappa shape index (κ1) is 12.8. The van der Waals surface area contributed by atoms with Crippen LogP contribution in [0.15, 0.2) is 18.2 Å². The molecular weight excluding hydrogens is 200 g/mol. The van der Waals surface area contributed by atoms with Crippen LogP contribution < -0.4 is 15.8 Å². The molecule has 90 valence electrons. The lowest BCUT2D eigenvalue weighted by Crippen LogP contribution is -2.25. The first-order valence-corrected chi connectivity index (χ1v) is 5.87. The predicted octanol–water partition coefficient (Wildman–Crippen LogP) is 2.54. The predicted molar refractivity (Wildman–Crippen MR) is 69.1 cm³/mol. The summed E-state index contributed by atoms with van der Waals surface area (Å²) in [6.45, 7) is 7.58. The van der Waals surface area contributed by atoms with Gasteiger partial charge in [0.25, 0.3) is 0 Å². The average molecular weight is 222 g/mol. The van der Waals surface area contributed by atoms with E-state index in [1.54, 1.807) is 0 Å². The Morgan fingerprint density at radius 3 is 2.81 bits per heavy atom. The van der Waals surface area contributed by atoms with E-state index in [9.17, 15) is 0 Å². The van der Waals surface area contributed by atoms with Gasteiger partial charge in [0.2, 0.25) is 0 Å². The largest absolute Gasteiger partial charge is 0.491 e. The van der Waals surface area contributed by atoms with Crippen molar-refractivity contribution < 1.29 is 4.74 Å². The molecule has 16 heavy (non-hydrogen) atoms. The molecule has 0 amide bonds. The maximum Gasteiger partial charge on any atom is 0.142 e. The minimum Gasteiger partial charge on any atom is -0.491 e. The summed E-state index contributed by atoms with van der Waals surface area (Å²) >= 11 is 0. The smallest absolute Gasteiger partial charge is 0.142 e. The molecule has 0 aliphatic heterocycles. The number of aryl methyl sites for hydroxylation is 1. The fourth-order valence-corrected chi connectivity index (χ4v) is 1.40. The van der Waals surface area contributed by atoms with E-state index in [2.05, 4.69) is 38.2 Å². The Morgan fingerprint density at radius 1 is 1.44 bits per heavy atom. The van der Waals surface area contributed by atoms with E-state index in [4.69, 9.17) is 10.5 Å². The fourth-order valence-electron chi connectivity index (χ4n) is 1.40. The van der Waals surface area contributed by atoms with Crippen LogP contribution in [0.4, 0.5) is 5.69 Å². The molecule has 0 aliphatic rings. The quantitative estimate of drug-likeness (QED) is 0.777. The van der Waals surface area contributed by atoms with E-state index in [0.29, 0.717) is 6.54 Å². The fraction of sp³-hybridized carbons (Fsp3) is 0.538. The second-order valence-electron chi connectivity index (χ2n) is 4.13. The number of hydrogen-bond donors (Lipinski definition) is 2. The molecule has 0 spiro atoms. The van der Waals surface area contributed by atoms with Gasteiger partial charge in [0.05, 0.1) is 12.3 Å². The van der Waals surface area contributed by atoms with E-state index in [1.165, 1.54) is 5.56 Å². The zero-order chi connectivity index (χ0) is 12.0. The van der Waals surface area contributed by atoms with E-state index < -0.39 is 0 Å². The lowest BCUT2D eigenvalue weighted by atomic mass is 10.2. The van der Waals surface area contributed by atoms with Crippen LogP contribution in [-0.4, -0.2) is 19.2 Å². The van der Waals surface area contributed by atoms with Gasteiger partial charge in [0.15, 0.2) is 0 Å². The first-order chi connectivity index (χ1) is 7.67. The van der Waals surface area contributed by atoms with Crippen molar-refractivity contribution in [3.63, 3.8) is 0 Å². The van der Waals surface area contributed by atoms with Gasteiger partial charge >= 0.3 is 0 Å². The Bertz CT molecular complexity index is 326. The second kappa shape index (κ2) is 6.38. The van der Waals surface area contributed by atoms with Crippen LogP contribution in [0.5, 0.6) is 5.75 Å². The second-order valence-corrected chi connectivity index (χ2v) is 4.13. The molecule has 3 N–H and O–H groups in total. The highest BCUT2D eigenvalue weighted by Crippen LogP contribution is 2.26. The van der Waals surface area contributed by atoms with Crippen molar-refractivity contribution in [3.05, 3.63) is 23.8 Å². The van der Waals surface area contributed by atoms with Crippen molar-refractivity contribution in [1.82, 2.24) is 0 Å². The van der Waals surface area contributed by atoms with Crippen LogP contribution in [0.1, 0.15) is 25.8 Å². The molecule has 0 fully saturated rings. The summed E-state index contributed by atoms with van der Waals surface area (Å²) in [5, 5.41) is 3.35. The number of hydrogen-bond acceptors (Lipinski definition) is 3. The zero-order valence-corrected chi connectivity index (χ0v) is 10.4. The topological polar surface area (TPSA) is 47.3 Å². The van der Waals surface area contributed by atoms with Crippen LogP contribution in [0, 0.1) is 6.92 Å². The minimum atomic E-state index is 0.256. The van der Waals surface area contributed by atoms with Crippen LogP contribution in [0.2, 0.25) is 0 Å². The highest BCUT2D eigenvalue weighted by Gasteiger charge is 2.06. The summed E-state index contributed by atoms with van der Waals surface area (Å²) < 4.78 is 5.71. The van der Waals surface area contributed by atoms with Gasteiger partial charge < -0.3 is 15.8 Å². The third-order valence-electron chi connectivity index (χ3n) is 2.35. The lowest BCUT2D eigenvalue weighted by molar-refractivity contribution is 0.318. The number of nitrogens with two attached hydrogens (primary N) is 1. The van der Waals surface area contributed by atoms with Gasteiger partial charge in [-0.2, -0.15) is 0 Å². The summed E-state index contributed by atoms with van der Waals surface area (Å²) in [5.74, 6) is 0.919. The number of rotatable bonds is 6. The van der Waals surface area contributed by atoms with Crippen molar-refractivity contribution in [2.45, 2.75) is 33.2 Å². The molecule has 0 radical (unpaired) electrons. The number of anilines is 1. The zero-order valence-electron chi connectivity index (χ0n) is 10.4. The van der Waals surface area contributed by atoms with Crippen molar-refractivity contribution >= 4 is 5.69 Å². The van der Waals surface area contributed by atoms with Crippen molar-refractivity contribution in [2.75, 3.05) is 18.5 Å². The molecule has 1 rings (SSSR count). The Labute approximate surface area is 98.0 Å². The average Bonchev–Trinajstić information content (AvgIpc) is 2.29. The summed E-state index contributed by atoms with van der Waals surface area (Å²) in [7, 11) is 0. The highest BCUT2D eigenvalue weighted by molar-refractivity contribution is 5.58. The van der Waals surface area contributed by atoms with Gasteiger partial charge in [-0.25, -0.2) is 0 Å². The van der Waals surface area contributed by atoms with Crippen molar-refractivity contribution in [3.8, 4) is 5.75 Å². The third-order valence-corrected chi connectivity index (χ3v) is 2.35. The Hall–Kier alpha value is -1.22. The number of benzene rings is 1. The van der Waals surface area contributed by atoms with Gasteiger partial charge in [-0.15, -0.1) is 0 Å². The third kappa shape index (κ3) is 3.74. The van der Waals surface area contributed by atoms with Crippen molar-refractivity contribution in [2.24, 2.45) is 5.73 Å². The highest BCUT2D eigenvalue weighted by atomic mass is 16.5. The van der Waals surface area contributed by atoms with E-state index in [1.807, 2.05) is 6.07 Å². The van der Waals surface area contributed by atoms with Crippen molar-refractivity contribution in [1.29, 1.82) is 0 Å². The minimum absolute atomic E-state index is 0.256. The number of ether oxygens (including phenoxy) is 1. The molecule has 1 unspecified atom stereocenters. The van der Waals surface area contributed by atoms with Gasteiger partial charge in [-0.05, 0) is 38.0 Å². The van der Waals surface area contributed by atoms with E-state index in [0.717, 1.165) is 24.5 Å². The molecule has 0 saturated heterocycles. The van der Waals surface area contributed by atoms with Crippen LogP contribution in [0.25, 0.3) is 0 Å². The molecule has 0 heterocycles. The Morgan fingerprint density at radius 2 is 2.19 bits per heavy atom. The molecule has 3 heteroatoms. The molecule has 3 nitrogen and oxygen atoms in total. The Kier molecular flexibility index (Phi) is 5.12. The summed E-state index contributed by atoms with van der Waals surface area (Å²) in [6, 6.07) is 6.43. The van der Waals surface area contributed by atoms with Crippen LogP contribution in [0.3, 0.4) is 0 Å². The monoisotopic (exact) mass is 222 g/mol. The summed E-state index contributed by atoms with van der Waals surface area (Å²) in [5.41, 5.74) is 7.83. The molecule has 1 aromatic carbocycles. The van der Waals surface area contributed by atoms with E-state index >= 15 is 0 Å². The number of nitrogens with one attached hydrogen (secondary N) is 1.